The molecule has 12 heteroatoms. The van der Waals surface area contributed by atoms with Crippen LogP contribution in [0, 0.1) is 10.1 Å². The first-order chi connectivity index (χ1) is 14.1. The van der Waals surface area contributed by atoms with Gasteiger partial charge in [-0.3, -0.25) is 14.9 Å². The van der Waals surface area contributed by atoms with Crippen LogP contribution < -0.4 is 5.32 Å². The summed E-state index contributed by atoms with van der Waals surface area (Å²) in [6.07, 6.45) is 0. The van der Waals surface area contributed by atoms with Gasteiger partial charge in [-0.15, -0.1) is 0 Å². The molecule has 9 nitrogen and oxygen atoms in total. The third kappa shape index (κ3) is 3.76. The number of halogens is 2. The molecule has 0 bridgehead atoms. The maximum atomic E-state index is 12.8. The van der Waals surface area contributed by atoms with Crippen LogP contribution in [0.3, 0.4) is 0 Å². The van der Waals surface area contributed by atoms with Gasteiger partial charge >= 0.3 is 0 Å². The predicted octanol–water partition coefficient (Wildman–Crippen LogP) is 3.77. The minimum Gasteiger partial charge on any atom is -0.306 e. The molecule has 0 atom stereocenters. The summed E-state index contributed by atoms with van der Waals surface area (Å²) in [5, 5.41) is 18.4. The molecule has 1 N–H and O–H groups in total. The van der Waals surface area contributed by atoms with Crippen LogP contribution in [0.4, 0.5) is 11.5 Å². The Kier molecular flexibility index (Phi) is 5.00. The molecule has 0 radical (unpaired) electrons. The molecule has 154 valence electrons. The number of hydrogen-bond acceptors (Lipinski definition) is 6. The number of carbonyl (C=O) groups is 1. The second-order valence-electron chi connectivity index (χ2n) is 6.57. The van der Waals surface area contributed by atoms with E-state index in [4.69, 9.17) is 23.2 Å². The number of hydrogen-bond donors (Lipinski definition) is 1. The van der Waals surface area contributed by atoms with E-state index in [1.54, 1.807) is 0 Å². The molecule has 0 saturated heterocycles. The molecule has 2 heterocycles. The summed E-state index contributed by atoms with van der Waals surface area (Å²) in [7, 11) is -3.38. The molecular weight excluding hydrogens is 455 g/mol. The second kappa shape index (κ2) is 7.38. The highest BCUT2D eigenvalue weighted by Gasteiger charge is 2.33. The third-order valence-corrected chi connectivity index (χ3v) is 6.50. The van der Waals surface area contributed by atoms with Gasteiger partial charge in [0.1, 0.15) is 5.82 Å². The number of sulfone groups is 1. The first-order valence-electron chi connectivity index (χ1n) is 8.47. The van der Waals surface area contributed by atoms with E-state index in [9.17, 15) is 23.3 Å². The van der Waals surface area contributed by atoms with Gasteiger partial charge in [-0.25, -0.2) is 13.1 Å². The highest BCUT2D eigenvalue weighted by atomic mass is 35.5. The number of nitro benzene ring substituents is 1. The van der Waals surface area contributed by atoms with Gasteiger partial charge in [0.25, 0.3) is 11.6 Å². The summed E-state index contributed by atoms with van der Waals surface area (Å²) in [5.41, 5.74) is 1.08. The van der Waals surface area contributed by atoms with Crippen molar-refractivity contribution < 1.29 is 18.1 Å². The Morgan fingerprint density at radius 3 is 2.50 bits per heavy atom. The summed E-state index contributed by atoms with van der Waals surface area (Å²) >= 11 is 12.0. The van der Waals surface area contributed by atoms with E-state index >= 15 is 0 Å². The van der Waals surface area contributed by atoms with Crippen molar-refractivity contribution >= 4 is 50.5 Å². The van der Waals surface area contributed by atoms with Crippen LogP contribution in [0.25, 0.3) is 5.69 Å². The van der Waals surface area contributed by atoms with E-state index in [0.29, 0.717) is 22.0 Å². The van der Waals surface area contributed by atoms with Crippen molar-refractivity contribution in [1.29, 1.82) is 0 Å². The SMILES string of the molecule is O=C(Nc1c2c(nn1-c1ccc([N+](=O)[O-])cc1)CS(=O)(=O)C2)c1cc(Cl)ccc1Cl. The van der Waals surface area contributed by atoms with E-state index in [1.165, 1.54) is 47.1 Å². The topological polar surface area (TPSA) is 124 Å². The molecule has 4 rings (SSSR count). The van der Waals surface area contributed by atoms with Crippen LogP contribution in [0.1, 0.15) is 21.6 Å². The van der Waals surface area contributed by atoms with Crippen LogP contribution >= 0.6 is 23.2 Å². The average molecular weight is 467 g/mol. The van der Waals surface area contributed by atoms with Crippen LogP contribution in [-0.4, -0.2) is 29.0 Å². The monoisotopic (exact) mass is 466 g/mol. The fraction of sp³-hybridized carbons (Fsp3) is 0.111. The van der Waals surface area contributed by atoms with Crippen LogP contribution in [0.2, 0.25) is 10.0 Å². The molecule has 0 unspecified atom stereocenters. The van der Waals surface area contributed by atoms with Gasteiger partial charge in [0.2, 0.25) is 0 Å². The number of rotatable bonds is 4. The largest absolute Gasteiger partial charge is 0.306 e. The molecule has 0 aliphatic carbocycles. The Balaban J connectivity index is 1.78. The summed E-state index contributed by atoms with van der Waals surface area (Å²) in [6, 6.07) is 9.89. The lowest BCUT2D eigenvalue weighted by molar-refractivity contribution is -0.384. The first kappa shape index (κ1) is 20.3. The van der Waals surface area contributed by atoms with Crippen molar-refractivity contribution in [2.45, 2.75) is 11.5 Å². The maximum absolute atomic E-state index is 12.8. The summed E-state index contributed by atoms with van der Waals surface area (Å²) in [6.45, 7) is 0. The number of fused-ring (bicyclic) bond motifs is 1. The van der Waals surface area contributed by atoms with E-state index in [1.807, 2.05) is 0 Å². The van der Waals surface area contributed by atoms with Crippen molar-refractivity contribution in [2.24, 2.45) is 0 Å². The summed E-state index contributed by atoms with van der Waals surface area (Å²) in [4.78, 5) is 23.2. The first-order valence-corrected chi connectivity index (χ1v) is 11.0. The number of nitro groups is 1. The minimum absolute atomic E-state index is 0.107. The van der Waals surface area contributed by atoms with Gasteiger partial charge in [-0.2, -0.15) is 5.10 Å². The Hall–Kier alpha value is -2.95. The van der Waals surface area contributed by atoms with Crippen molar-refractivity contribution in [3.63, 3.8) is 0 Å². The number of non-ortho nitro benzene ring substituents is 1. The Morgan fingerprint density at radius 2 is 1.83 bits per heavy atom. The van der Waals surface area contributed by atoms with E-state index < -0.39 is 20.7 Å². The molecule has 30 heavy (non-hydrogen) atoms. The molecule has 1 aliphatic heterocycles. The number of aromatic nitrogens is 2. The van der Waals surface area contributed by atoms with Gasteiger partial charge < -0.3 is 5.32 Å². The van der Waals surface area contributed by atoms with Crippen LogP contribution in [0.5, 0.6) is 0 Å². The van der Waals surface area contributed by atoms with Crippen LogP contribution in [-0.2, 0) is 21.3 Å². The van der Waals surface area contributed by atoms with Crippen molar-refractivity contribution in [1.82, 2.24) is 9.78 Å². The molecule has 3 aromatic rings. The van der Waals surface area contributed by atoms with E-state index in [0.717, 1.165) is 0 Å². The quantitative estimate of drug-likeness (QED) is 0.460. The van der Waals surface area contributed by atoms with Crippen molar-refractivity contribution in [2.75, 3.05) is 5.32 Å². The fourth-order valence-electron chi connectivity index (χ4n) is 3.12. The summed E-state index contributed by atoms with van der Waals surface area (Å²) in [5.74, 6) is -0.990. The fourth-order valence-corrected chi connectivity index (χ4v) is 4.99. The number of anilines is 1. The number of benzene rings is 2. The Bertz CT molecular complexity index is 1300. The molecular formula is C18H12Cl2N4O5S. The minimum atomic E-state index is -3.38. The van der Waals surface area contributed by atoms with Crippen LogP contribution in [0.15, 0.2) is 42.5 Å². The lowest BCUT2D eigenvalue weighted by atomic mass is 10.2. The lowest BCUT2D eigenvalue weighted by Gasteiger charge is -2.12. The van der Waals surface area contributed by atoms with Gasteiger partial charge in [-0.1, -0.05) is 23.2 Å². The zero-order valence-electron chi connectivity index (χ0n) is 15.0. The van der Waals surface area contributed by atoms with Gasteiger partial charge in [0, 0.05) is 22.7 Å². The standard InChI is InChI=1S/C18H12Cl2N4O5S/c19-10-1-6-15(20)13(7-10)18(25)21-17-14-8-30(28,29)9-16(14)22-23(17)11-2-4-12(5-3-11)24(26)27/h1-7H,8-9H2,(H,21,25). The predicted molar refractivity (Wildman–Crippen MR) is 111 cm³/mol. The number of amides is 1. The molecule has 1 amide bonds. The van der Waals surface area contributed by atoms with E-state index in [2.05, 4.69) is 10.4 Å². The molecule has 2 aromatic carbocycles. The molecule has 0 fully saturated rings. The highest BCUT2D eigenvalue weighted by Crippen LogP contribution is 2.34. The summed E-state index contributed by atoms with van der Waals surface area (Å²) < 4.78 is 25.4. The molecule has 1 aliphatic rings. The zero-order chi connectivity index (χ0) is 21.6. The average Bonchev–Trinajstić information content (AvgIpc) is 3.16. The smallest absolute Gasteiger partial charge is 0.269 e. The maximum Gasteiger partial charge on any atom is 0.269 e. The van der Waals surface area contributed by atoms with Crippen molar-refractivity contribution in [3.05, 3.63) is 79.4 Å². The second-order valence-corrected chi connectivity index (χ2v) is 9.48. The zero-order valence-corrected chi connectivity index (χ0v) is 17.3. The lowest BCUT2D eigenvalue weighted by Crippen LogP contribution is -2.17. The van der Waals surface area contributed by atoms with Gasteiger partial charge in [0.15, 0.2) is 9.84 Å². The molecule has 0 spiro atoms. The number of nitrogens with one attached hydrogen (secondary N) is 1. The number of nitrogens with zero attached hydrogens (tertiary/aromatic N) is 3. The normalized spacial score (nSPS) is 14.3. The highest BCUT2D eigenvalue weighted by molar-refractivity contribution is 7.90. The van der Waals surface area contributed by atoms with Gasteiger partial charge in [0.05, 0.1) is 38.4 Å². The Labute approximate surface area is 180 Å². The van der Waals surface area contributed by atoms with Crippen molar-refractivity contribution in [3.8, 4) is 5.69 Å². The molecule has 1 aromatic heterocycles. The molecule has 0 saturated carbocycles. The third-order valence-electron chi connectivity index (χ3n) is 4.50. The Morgan fingerprint density at radius 1 is 1.13 bits per heavy atom. The van der Waals surface area contributed by atoms with E-state index in [-0.39, 0.29) is 33.6 Å². The van der Waals surface area contributed by atoms with Gasteiger partial charge in [-0.05, 0) is 30.3 Å². The number of carbonyl (C=O) groups excluding carboxylic acids is 1.